The van der Waals surface area contributed by atoms with Gasteiger partial charge in [0, 0.05) is 5.54 Å². The Kier molecular flexibility index (Phi) is 4.57. The van der Waals surface area contributed by atoms with Crippen LogP contribution in [-0.4, -0.2) is 10.5 Å². The standard InChI is InChI=1S/C15H20F3N3/c1-13(2,3)9-14(4,5)21-12-10(8-19)6-7-11(20-12)15(16,17)18/h6-7H,9H2,1-5H3,(H,20,21). The minimum Gasteiger partial charge on any atom is -0.364 e. The van der Waals surface area contributed by atoms with Gasteiger partial charge < -0.3 is 5.32 Å². The Morgan fingerprint density at radius 2 is 1.71 bits per heavy atom. The molecule has 116 valence electrons. The molecule has 0 aliphatic rings. The van der Waals surface area contributed by atoms with E-state index in [1.54, 1.807) is 0 Å². The Balaban J connectivity index is 3.15. The Morgan fingerprint density at radius 3 is 2.14 bits per heavy atom. The fraction of sp³-hybridized carbons (Fsp3) is 0.600. The van der Waals surface area contributed by atoms with E-state index in [9.17, 15) is 13.2 Å². The van der Waals surface area contributed by atoms with Gasteiger partial charge in [-0.25, -0.2) is 4.98 Å². The van der Waals surface area contributed by atoms with E-state index in [4.69, 9.17) is 5.26 Å². The van der Waals surface area contributed by atoms with E-state index in [0.29, 0.717) is 6.42 Å². The highest BCUT2D eigenvalue weighted by Gasteiger charge is 2.34. The molecule has 0 radical (unpaired) electrons. The Labute approximate surface area is 123 Å². The molecule has 0 fully saturated rings. The highest BCUT2D eigenvalue weighted by Crippen LogP contribution is 2.32. The molecule has 1 aromatic rings. The van der Waals surface area contributed by atoms with E-state index < -0.39 is 17.4 Å². The predicted molar refractivity (Wildman–Crippen MR) is 75.7 cm³/mol. The Bertz CT molecular complexity index is 549. The van der Waals surface area contributed by atoms with E-state index in [2.05, 4.69) is 10.3 Å². The summed E-state index contributed by atoms with van der Waals surface area (Å²) in [6.07, 6.45) is -3.82. The van der Waals surface area contributed by atoms with Gasteiger partial charge in [-0.1, -0.05) is 20.8 Å². The van der Waals surface area contributed by atoms with Gasteiger partial charge in [-0.2, -0.15) is 18.4 Å². The van der Waals surface area contributed by atoms with Crippen molar-refractivity contribution in [3.8, 4) is 6.07 Å². The third-order valence-corrected chi connectivity index (χ3v) is 2.74. The van der Waals surface area contributed by atoms with Crippen molar-refractivity contribution >= 4 is 5.82 Å². The monoisotopic (exact) mass is 299 g/mol. The number of nitrogens with one attached hydrogen (secondary N) is 1. The number of nitriles is 1. The van der Waals surface area contributed by atoms with Crippen LogP contribution in [0.1, 0.15) is 52.3 Å². The van der Waals surface area contributed by atoms with Crippen molar-refractivity contribution in [3.05, 3.63) is 23.4 Å². The second kappa shape index (κ2) is 5.55. The Morgan fingerprint density at radius 1 is 1.14 bits per heavy atom. The van der Waals surface area contributed by atoms with Crippen LogP contribution in [0.4, 0.5) is 19.0 Å². The van der Waals surface area contributed by atoms with Crippen LogP contribution in [0.25, 0.3) is 0 Å². The van der Waals surface area contributed by atoms with Gasteiger partial charge in [-0.3, -0.25) is 0 Å². The molecule has 3 nitrogen and oxygen atoms in total. The van der Waals surface area contributed by atoms with Gasteiger partial charge in [0.05, 0.1) is 5.56 Å². The summed E-state index contributed by atoms with van der Waals surface area (Å²) in [6, 6.07) is 3.83. The molecule has 0 saturated carbocycles. The van der Waals surface area contributed by atoms with Crippen molar-refractivity contribution in [2.45, 2.75) is 52.8 Å². The minimum atomic E-state index is -4.53. The lowest BCUT2D eigenvalue weighted by atomic mass is 9.82. The maximum absolute atomic E-state index is 12.7. The molecular weight excluding hydrogens is 279 g/mol. The topological polar surface area (TPSA) is 48.7 Å². The molecule has 0 bridgehead atoms. The van der Waals surface area contributed by atoms with Crippen molar-refractivity contribution in [2.75, 3.05) is 5.32 Å². The van der Waals surface area contributed by atoms with Crippen molar-refractivity contribution in [1.82, 2.24) is 4.98 Å². The van der Waals surface area contributed by atoms with Crippen LogP contribution in [0.3, 0.4) is 0 Å². The predicted octanol–water partition coefficient (Wildman–Crippen LogP) is 4.60. The third kappa shape index (κ3) is 5.25. The number of nitrogens with zero attached hydrogens (tertiary/aromatic N) is 2. The van der Waals surface area contributed by atoms with Crippen LogP contribution in [-0.2, 0) is 6.18 Å². The lowest BCUT2D eigenvalue weighted by molar-refractivity contribution is -0.141. The molecule has 0 spiro atoms. The van der Waals surface area contributed by atoms with E-state index in [-0.39, 0.29) is 16.8 Å². The van der Waals surface area contributed by atoms with Crippen LogP contribution in [0.5, 0.6) is 0 Å². The first-order chi connectivity index (χ1) is 9.34. The first-order valence-electron chi connectivity index (χ1n) is 6.61. The third-order valence-electron chi connectivity index (χ3n) is 2.74. The fourth-order valence-corrected chi connectivity index (χ4v) is 2.49. The summed E-state index contributed by atoms with van der Waals surface area (Å²) >= 11 is 0. The lowest BCUT2D eigenvalue weighted by Crippen LogP contribution is -2.36. The van der Waals surface area contributed by atoms with Crippen molar-refractivity contribution in [1.29, 1.82) is 5.26 Å². The minimum absolute atomic E-state index is 0.00898. The van der Waals surface area contributed by atoms with E-state index in [0.717, 1.165) is 12.1 Å². The van der Waals surface area contributed by atoms with Crippen molar-refractivity contribution < 1.29 is 13.2 Å². The number of rotatable bonds is 3. The molecule has 0 unspecified atom stereocenters. The van der Waals surface area contributed by atoms with Crippen LogP contribution < -0.4 is 5.32 Å². The second-order valence-electron chi connectivity index (χ2n) is 6.95. The molecule has 0 saturated heterocycles. The first kappa shape index (κ1) is 17.3. The smallest absolute Gasteiger partial charge is 0.364 e. The number of hydrogen-bond donors (Lipinski definition) is 1. The van der Waals surface area contributed by atoms with Gasteiger partial charge >= 0.3 is 6.18 Å². The highest BCUT2D eigenvalue weighted by atomic mass is 19.4. The van der Waals surface area contributed by atoms with Gasteiger partial charge in [-0.05, 0) is 37.8 Å². The molecule has 1 heterocycles. The van der Waals surface area contributed by atoms with Crippen LogP contribution in [0, 0.1) is 16.7 Å². The number of anilines is 1. The number of halogens is 3. The van der Waals surface area contributed by atoms with Gasteiger partial charge in [0.1, 0.15) is 17.6 Å². The average Bonchev–Trinajstić information content (AvgIpc) is 2.23. The maximum atomic E-state index is 12.7. The van der Waals surface area contributed by atoms with E-state index in [1.165, 1.54) is 0 Å². The molecule has 21 heavy (non-hydrogen) atoms. The molecule has 1 rings (SSSR count). The van der Waals surface area contributed by atoms with Gasteiger partial charge in [-0.15, -0.1) is 0 Å². The number of aromatic nitrogens is 1. The summed E-state index contributed by atoms with van der Waals surface area (Å²) in [4.78, 5) is 3.57. The molecule has 0 amide bonds. The Hall–Kier alpha value is -1.77. The molecule has 1 N–H and O–H groups in total. The molecule has 0 aliphatic carbocycles. The summed E-state index contributed by atoms with van der Waals surface area (Å²) < 4.78 is 38.2. The van der Waals surface area contributed by atoms with Crippen LogP contribution >= 0.6 is 0 Å². The van der Waals surface area contributed by atoms with Crippen molar-refractivity contribution in [3.63, 3.8) is 0 Å². The maximum Gasteiger partial charge on any atom is 0.433 e. The molecular formula is C15H20F3N3. The van der Waals surface area contributed by atoms with Gasteiger partial charge in [0.25, 0.3) is 0 Å². The summed E-state index contributed by atoms with van der Waals surface area (Å²) in [5.74, 6) is -0.0263. The SMILES string of the molecule is CC(C)(C)CC(C)(C)Nc1nc(C(F)(F)F)ccc1C#N. The largest absolute Gasteiger partial charge is 0.433 e. The van der Waals surface area contributed by atoms with Crippen LogP contribution in [0.2, 0.25) is 0 Å². The second-order valence-corrected chi connectivity index (χ2v) is 6.95. The first-order valence-corrected chi connectivity index (χ1v) is 6.61. The number of hydrogen-bond acceptors (Lipinski definition) is 3. The molecule has 0 atom stereocenters. The van der Waals surface area contributed by atoms with Gasteiger partial charge in [0.15, 0.2) is 0 Å². The molecule has 6 heteroatoms. The number of alkyl halides is 3. The van der Waals surface area contributed by atoms with E-state index in [1.807, 2.05) is 40.7 Å². The molecule has 0 aromatic carbocycles. The zero-order chi connectivity index (χ0) is 16.5. The zero-order valence-corrected chi connectivity index (χ0v) is 12.9. The van der Waals surface area contributed by atoms with Crippen LogP contribution in [0.15, 0.2) is 12.1 Å². The fourth-order valence-electron chi connectivity index (χ4n) is 2.49. The molecule has 1 aromatic heterocycles. The normalized spacial score (nSPS) is 12.9. The summed E-state index contributed by atoms with van der Waals surface area (Å²) in [7, 11) is 0. The summed E-state index contributed by atoms with van der Waals surface area (Å²) in [6.45, 7) is 9.88. The quantitative estimate of drug-likeness (QED) is 0.887. The average molecular weight is 299 g/mol. The number of pyridine rings is 1. The van der Waals surface area contributed by atoms with Crippen molar-refractivity contribution in [2.24, 2.45) is 5.41 Å². The summed E-state index contributed by atoms with van der Waals surface area (Å²) in [5.41, 5.74) is -1.40. The lowest BCUT2D eigenvalue weighted by Gasteiger charge is -2.34. The highest BCUT2D eigenvalue weighted by molar-refractivity contribution is 5.53. The van der Waals surface area contributed by atoms with Gasteiger partial charge in [0.2, 0.25) is 0 Å². The zero-order valence-electron chi connectivity index (χ0n) is 12.9. The molecule has 0 aliphatic heterocycles. The van der Waals surface area contributed by atoms with E-state index >= 15 is 0 Å². The summed E-state index contributed by atoms with van der Waals surface area (Å²) in [5, 5.41) is 12.0.